The summed E-state index contributed by atoms with van der Waals surface area (Å²) in [6, 6.07) is 1.77. The topological polar surface area (TPSA) is 85.1 Å². The smallest absolute Gasteiger partial charge is 0.277 e. The largest absolute Gasteiger partial charge is 0.295 e. The molecule has 1 N–H and O–H groups in total. The summed E-state index contributed by atoms with van der Waals surface area (Å²) in [5, 5.41) is 3.18. The molecule has 0 bridgehead atoms. The van der Waals surface area contributed by atoms with Crippen LogP contribution >= 0.6 is 11.5 Å². The maximum absolute atomic E-state index is 12.2. The molecule has 3 rings (SSSR count). The number of anilines is 1. The monoisotopic (exact) mass is 302 g/mol. The molecule has 7 nitrogen and oxygen atoms in total. The Labute approximate surface area is 125 Å². The Morgan fingerprint density at radius 1 is 1.33 bits per heavy atom. The summed E-state index contributed by atoms with van der Waals surface area (Å²) in [5.41, 5.74) is 0.146. The number of hydrogen-bond donors (Lipinski definition) is 1. The van der Waals surface area contributed by atoms with Gasteiger partial charge in [0.15, 0.2) is 0 Å². The number of hydrogen-bond acceptors (Lipinski definition) is 6. The summed E-state index contributed by atoms with van der Waals surface area (Å²) < 4.78 is 5.94. The average Bonchev–Trinajstić information content (AvgIpc) is 3.03. The molecule has 3 aromatic heterocycles. The van der Waals surface area contributed by atoms with Crippen LogP contribution in [0.3, 0.4) is 0 Å². The van der Waals surface area contributed by atoms with Crippen LogP contribution < -0.4 is 5.32 Å². The fourth-order valence-corrected chi connectivity index (χ4v) is 2.43. The molecular weight excluding hydrogens is 288 g/mol. The van der Waals surface area contributed by atoms with Crippen LogP contribution in [0.5, 0.6) is 0 Å². The van der Waals surface area contributed by atoms with E-state index < -0.39 is 0 Å². The molecule has 3 heterocycles. The minimum absolute atomic E-state index is 0.146. The highest BCUT2D eigenvalue weighted by atomic mass is 32.1. The van der Waals surface area contributed by atoms with Crippen LogP contribution in [0.15, 0.2) is 24.7 Å². The second-order valence-electron chi connectivity index (χ2n) is 5.58. The number of fused-ring (bicyclic) bond motifs is 1. The SMILES string of the molecule is CC(C)(C)c1nsc(NC(=O)c2cn3cccnc3n2)n1. The highest BCUT2D eigenvalue weighted by molar-refractivity contribution is 7.09. The molecule has 0 saturated heterocycles. The molecule has 0 aliphatic carbocycles. The van der Waals surface area contributed by atoms with Crippen molar-refractivity contribution in [3.05, 3.63) is 36.2 Å². The van der Waals surface area contributed by atoms with Crippen molar-refractivity contribution in [2.45, 2.75) is 26.2 Å². The van der Waals surface area contributed by atoms with Crippen LogP contribution in [-0.2, 0) is 5.41 Å². The average molecular weight is 302 g/mol. The summed E-state index contributed by atoms with van der Waals surface area (Å²) in [7, 11) is 0. The number of nitrogens with zero attached hydrogens (tertiary/aromatic N) is 5. The summed E-state index contributed by atoms with van der Waals surface area (Å²) in [6.07, 6.45) is 5.04. The Balaban J connectivity index is 1.81. The third-order valence-corrected chi connectivity index (χ3v) is 3.42. The van der Waals surface area contributed by atoms with Crippen molar-refractivity contribution in [2.24, 2.45) is 0 Å². The molecule has 21 heavy (non-hydrogen) atoms. The second-order valence-corrected chi connectivity index (χ2v) is 6.33. The third-order valence-electron chi connectivity index (χ3n) is 2.79. The first-order valence-electron chi connectivity index (χ1n) is 6.39. The molecule has 0 unspecified atom stereocenters. The van der Waals surface area contributed by atoms with E-state index in [2.05, 4.69) is 24.6 Å². The highest BCUT2D eigenvalue weighted by Crippen LogP contribution is 2.23. The van der Waals surface area contributed by atoms with E-state index in [1.54, 1.807) is 29.1 Å². The fraction of sp³-hybridized carbons (Fsp3) is 0.308. The number of amides is 1. The van der Waals surface area contributed by atoms with Gasteiger partial charge in [-0.3, -0.25) is 14.5 Å². The summed E-state index contributed by atoms with van der Waals surface area (Å²) in [5.74, 6) is 0.867. The number of aromatic nitrogens is 5. The summed E-state index contributed by atoms with van der Waals surface area (Å²) in [6.45, 7) is 6.07. The van der Waals surface area contributed by atoms with Gasteiger partial charge >= 0.3 is 0 Å². The van der Waals surface area contributed by atoms with Gasteiger partial charge in [0.25, 0.3) is 5.91 Å². The molecule has 0 aromatic carbocycles. The van der Waals surface area contributed by atoms with Gasteiger partial charge in [-0.25, -0.2) is 15.0 Å². The third kappa shape index (κ3) is 2.75. The van der Waals surface area contributed by atoms with Crippen LogP contribution in [0.2, 0.25) is 0 Å². The minimum atomic E-state index is -0.322. The zero-order valence-corrected chi connectivity index (χ0v) is 12.7. The molecule has 0 radical (unpaired) electrons. The summed E-state index contributed by atoms with van der Waals surface area (Å²) in [4.78, 5) is 24.7. The normalized spacial score (nSPS) is 11.8. The number of carbonyl (C=O) groups is 1. The van der Waals surface area contributed by atoms with E-state index >= 15 is 0 Å². The van der Waals surface area contributed by atoms with Gasteiger partial charge in [0.2, 0.25) is 10.9 Å². The fourth-order valence-electron chi connectivity index (χ4n) is 1.68. The molecule has 0 aliphatic rings. The second kappa shape index (κ2) is 4.88. The van der Waals surface area contributed by atoms with Crippen molar-refractivity contribution in [3.8, 4) is 0 Å². The molecule has 8 heteroatoms. The van der Waals surface area contributed by atoms with Crippen molar-refractivity contribution in [3.63, 3.8) is 0 Å². The van der Waals surface area contributed by atoms with Crippen LogP contribution in [0.4, 0.5) is 5.13 Å². The van der Waals surface area contributed by atoms with Gasteiger partial charge in [-0.2, -0.15) is 4.37 Å². The summed E-state index contributed by atoms with van der Waals surface area (Å²) >= 11 is 1.16. The Hall–Kier alpha value is -2.35. The molecule has 0 aliphatic heterocycles. The van der Waals surface area contributed by atoms with Crippen molar-refractivity contribution >= 4 is 28.3 Å². The minimum Gasteiger partial charge on any atom is -0.295 e. The number of rotatable bonds is 2. The van der Waals surface area contributed by atoms with Crippen molar-refractivity contribution in [1.82, 2.24) is 23.7 Å². The van der Waals surface area contributed by atoms with Crippen LogP contribution in [0.1, 0.15) is 37.1 Å². The molecule has 0 saturated carbocycles. The van der Waals surface area contributed by atoms with Crippen LogP contribution in [-0.4, -0.2) is 29.6 Å². The van der Waals surface area contributed by atoms with E-state index in [1.807, 2.05) is 20.8 Å². The molecule has 1 amide bonds. The van der Waals surface area contributed by atoms with Crippen molar-refractivity contribution < 1.29 is 4.79 Å². The maximum Gasteiger partial charge on any atom is 0.277 e. The Kier molecular flexibility index (Phi) is 3.17. The highest BCUT2D eigenvalue weighted by Gasteiger charge is 2.21. The van der Waals surface area contributed by atoms with E-state index in [4.69, 9.17) is 0 Å². The zero-order valence-electron chi connectivity index (χ0n) is 11.9. The first-order valence-corrected chi connectivity index (χ1v) is 7.16. The lowest BCUT2D eigenvalue weighted by Gasteiger charge is -2.12. The molecule has 0 spiro atoms. The van der Waals surface area contributed by atoms with E-state index in [0.717, 1.165) is 11.5 Å². The van der Waals surface area contributed by atoms with Crippen LogP contribution in [0, 0.1) is 0 Å². The first kappa shape index (κ1) is 13.6. The lowest BCUT2D eigenvalue weighted by molar-refractivity contribution is 0.102. The van der Waals surface area contributed by atoms with Gasteiger partial charge in [-0.1, -0.05) is 20.8 Å². The quantitative estimate of drug-likeness (QED) is 0.784. The number of nitrogens with one attached hydrogen (secondary N) is 1. The van der Waals surface area contributed by atoms with Crippen LogP contribution in [0.25, 0.3) is 5.78 Å². The van der Waals surface area contributed by atoms with E-state index in [-0.39, 0.29) is 11.3 Å². The molecule has 0 atom stereocenters. The van der Waals surface area contributed by atoms with Crippen molar-refractivity contribution in [1.29, 1.82) is 0 Å². The van der Waals surface area contributed by atoms with E-state index in [9.17, 15) is 4.79 Å². The van der Waals surface area contributed by atoms with E-state index in [1.165, 1.54) is 0 Å². The van der Waals surface area contributed by atoms with Gasteiger partial charge in [-0.05, 0) is 6.07 Å². The van der Waals surface area contributed by atoms with Crippen molar-refractivity contribution in [2.75, 3.05) is 5.32 Å². The molecule has 0 fully saturated rings. The number of carbonyl (C=O) groups excluding carboxylic acids is 1. The molecule has 108 valence electrons. The van der Waals surface area contributed by atoms with E-state index in [0.29, 0.717) is 22.4 Å². The predicted octanol–water partition coefficient (Wildman–Crippen LogP) is 2.13. The zero-order chi connectivity index (χ0) is 15.0. The standard InChI is InChI=1S/C13H14N6OS/c1-13(2,3)10-17-12(21-18-10)16-9(20)8-7-19-6-4-5-14-11(19)15-8/h4-7H,1-3H3,(H,16,17,18,20). The van der Waals surface area contributed by atoms with Gasteiger partial charge < -0.3 is 0 Å². The Bertz CT molecular complexity index is 767. The lowest BCUT2D eigenvalue weighted by Crippen LogP contribution is -2.15. The molecular formula is C13H14N6OS. The van der Waals surface area contributed by atoms with Gasteiger partial charge in [0.1, 0.15) is 11.5 Å². The maximum atomic E-state index is 12.2. The predicted molar refractivity (Wildman–Crippen MR) is 79.5 cm³/mol. The number of imidazole rings is 1. The lowest BCUT2D eigenvalue weighted by atomic mass is 9.96. The first-order chi connectivity index (χ1) is 9.93. The molecule has 3 aromatic rings. The van der Waals surface area contributed by atoms with Gasteiger partial charge in [-0.15, -0.1) is 0 Å². The van der Waals surface area contributed by atoms with Gasteiger partial charge in [0.05, 0.1) is 0 Å². The van der Waals surface area contributed by atoms with Gasteiger partial charge in [0, 0.05) is 35.5 Å². The Morgan fingerprint density at radius 2 is 2.14 bits per heavy atom. The Morgan fingerprint density at radius 3 is 2.81 bits per heavy atom.